The van der Waals surface area contributed by atoms with Crippen LogP contribution >= 0.6 is 7.82 Å². The van der Waals surface area contributed by atoms with Crippen LogP contribution in [0, 0.1) is 0 Å². The van der Waals surface area contributed by atoms with Crippen molar-refractivity contribution < 1.29 is 37.3 Å². The molecule has 3 atom stereocenters. The van der Waals surface area contributed by atoms with Crippen molar-refractivity contribution in [2.75, 3.05) is 40.9 Å². The summed E-state index contributed by atoms with van der Waals surface area (Å²) in [4.78, 5) is 37.8. The molecule has 0 bridgehead atoms. The monoisotopic (exact) mass is 1100 g/mol. The van der Waals surface area contributed by atoms with E-state index < -0.39 is 20.0 Å². The van der Waals surface area contributed by atoms with Crippen LogP contribution in [0.3, 0.4) is 0 Å². The molecule has 9 nitrogen and oxygen atoms in total. The van der Waals surface area contributed by atoms with E-state index in [0.717, 1.165) is 109 Å². The van der Waals surface area contributed by atoms with E-state index in [-0.39, 0.29) is 31.5 Å². The fourth-order valence-corrected chi connectivity index (χ4v) is 9.57. The lowest BCUT2D eigenvalue weighted by atomic mass is 10.0. The van der Waals surface area contributed by atoms with Crippen LogP contribution in [0.1, 0.15) is 278 Å². The maximum atomic E-state index is 13.5. The summed E-state index contributed by atoms with van der Waals surface area (Å²) in [6.07, 6.45) is 74.3. The summed E-state index contributed by atoms with van der Waals surface area (Å²) in [6, 6.07) is -0.867. The van der Waals surface area contributed by atoms with E-state index in [0.29, 0.717) is 17.4 Å². The fraction of sp³-hybridized carbons (Fsp3) is 0.761. The Morgan fingerprint density at radius 1 is 0.455 bits per heavy atom. The van der Waals surface area contributed by atoms with Crippen LogP contribution in [0.2, 0.25) is 0 Å². The van der Waals surface area contributed by atoms with Crippen LogP contribution in [0.15, 0.2) is 85.1 Å². The Bertz CT molecular complexity index is 1590. The molecule has 3 unspecified atom stereocenters. The highest BCUT2D eigenvalue weighted by atomic mass is 31.2. The number of carbonyl (C=O) groups excluding carboxylic acids is 2. The molecule has 0 rings (SSSR count). The molecule has 0 aliphatic heterocycles. The lowest BCUT2D eigenvalue weighted by Gasteiger charge is -2.27. The average molecular weight is 1100 g/mol. The number of likely N-dealkylation sites (N-methyl/N-ethyl adjacent to an activating group) is 1. The van der Waals surface area contributed by atoms with Gasteiger partial charge in [0.1, 0.15) is 19.3 Å². The second kappa shape index (κ2) is 56.5. The smallest absolute Gasteiger partial charge is 0.456 e. The SMILES string of the molecule is CCCCC/C=C\C/C=C\C/C=C\CCCCCCCCCCC(=O)OC(/C=C/CCCCCCCCCCCCC)C(COP(=O)(O)OCC[N+](C)(C)C)NC(=O)CCCCCC/C=C\C/C=C\C/C=C\CCCCC. The van der Waals surface area contributed by atoms with E-state index in [1.54, 1.807) is 0 Å². The van der Waals surface area contributed by atoms with Crippen LogP contribution in [0.4, 0.5) is 0 Å². The second-order valence-electron chi connectivity index (χ2n) is 22.6. The van der Waals surface area contributed by atoms with Gasteiger partial charge in [-0.15, -0.1) is 0 Å². The molecule has 0 aromatic heterocycles. The molecule has 0 aromatic rings. The summed E-state index contributed by atoms with van der Waals surface area (Å²) in [5.74, 6) is -0.538. The van der Waals surface area contributed by atoms with Gasteiger partial charge in [-0.05, 0) is 109 Å². The Morgan fingerprint density at radius 2 is 0.792 bits per heavy atom. The van der Waals surface area contributed by atoms with Crippen LogP contribution in [0.5, 0.6) is 0 Å². The average Bonchev–Trinajstić information content (AvgIpc) is 3.39. The molecule has 0 radical (unpaired) electrons. The van der Waals surface area contributed by atoms with Crippen molar-refractivity contribution in [2.45, 2.75) is 290 Å². The number of phosphoric ester groups is 1. The van der Waals surface area contributed by atoms with Crippen molar-refractivity contribution in [2.24, 2.45) is 0 Å². The van der Waals surface area contributed by atoms with E-state index in [4.69, 9.17) is 13.8 Å². The summed E-state index contributed by atoms with van der Waals surface area (Å²) in [5, 5.41) is 3.05. The number of rotatable bonds is 57. The number of quaternary nitrogens is 1. The minimum absolute atomic E-state index is 0.0311. The number of amides is 1. The third kappa shape index (κ3) is 57.7. The zero-order valence-electron chi connectivity index (χ0n) is 50.9. The van der Waals surface area contributed by atoms with Gasteiger partial charge in [-0.1, -0.05) is 241 Å². The maximum absolute atomic E-state index is 13.5. The highest BCUT2D eigenvalue weighted by Crippen LogP contribution is 2.43. The molecule has 0 saturated heterocycles. The van der Waals surface area contributed by atoms with Gasteiger partial charge in [0.25, 0.3) is 0 Å². The molecule has 10 heteroatoms. The van der Waals surface area contributed by atoms with Gasteiger partial charge in [0, 0.05) is 12.8 Å². The topological polar surface area (TPSA) is 111 Å². The number of hydrogen-bond acceptors (Lipinski definition) is 6. The van der Waals surface area contributed by atoms with Crippen LogP contribution in [-0.2, 0) is 27.9 Å². The van der Waals surface area contributed by atoms with Crippen LogP contribution < -0.4 is 5.32 Å². The number of esters is 1. The van der Waals surface area contributed by atoms with Gasteiger partial charge in [-0.3, -0.25) is 18.6 Å². The third-order valence-corrected chi connectivity index (χ3v) is 14.8. The molecule has 77 heavy (non-hydrogen) atoms. The van der Waals surface area contributed by atoms with Crippen molar-refractivity contribution in [3.8, 4) is 0 Å². The third-order valence-electron chi connectivity index (χ3n) is 13.8. The molecular formula is C67H122N2O7P+. The molecular weight excluding hydrogens is 976 g/mol. The van der Waals surface area contributed by atoms with E-state index in [1.807, 2.05) is 33.3 Å². The molecule has 0 aliphatic carbocycles. The first-order valence-corrected chi connectivity index (χ1v) is 33.4. The lowest BCUT2D eigenvalue weighted by molar-refractivity contribution is -0.870. The summed E-state index contributed by atoms with van der Waals surface area (Å²) >= 11 is 0. The Labute approximate surface area is 476 Å². The molecule has 0 saturated carbocycles. The second-order valence-corrected chi connectivity index (χ2v) is 24.0. The number of carbonyl (C=O) groups is 2. The highest BCUT2D eigenvalue weighted by Gasteiger charge is 2.30. The quantitative estimate of drug-likeness (QED) is 0.0205. The molecule has 446 valence electrons. The van der Waals surface area contributed by atoms with Gasteiger partial charge in [0.15, 0.2) is 0 Å². The number of nitrogens with zero attached hydrogens (tertiary/aromatic N) is 1. The predicted molar refractivity (Wildman–Crippen MR) is 332 cm³/mol. The van der Waals surface area contributed by atoms with Crippen molar-refractivity contribution in [3.63, 3.8) is 0 Å². The van der Waals surface area contributed by atoms with Crippen molar-refractivity contribution in [1.82, 2.24) is 5.32 Å². The summed E-state index contributed by atoms with van der Waals surface area (Å²) in [5.41, 5.74) is 0. The fourth-order valence-electron chi connectivity index (χ4n) is 8.84. The Hall–Kier alpha value is -2.81. The Morgan fingerprint density at radius 3 is 1.21 bits per heavy atom. The van der Waals surface area contributed by atoms with Gasteiger partial charge >= 0.3 is 13.8 Å². The molecule has 2 N–H and O–H groups in total. The number of ether oxygens (including phenoxy) is 1. The highest BCUT2D eigenvalue weighted by molar-refractivity contribution is 7.47. The molecule has 0 spiro atoms. The number of unbranched alkanes of at least 4 members (excludes halogenated alkanes) is 29. The largest absolute Gasteiger partial charge is 0.472 e. The molecule has 1 amide bonds. The van der Waals surface area contributed by atoms with Crippen molar-refractivity contribution in [1.29, 1.82) is 0 Å². The maximum Gasteiger partial charge on any atom is 0.472 e. The minimum atomic E-state index is -4.46. The molecule has 0 aromatic carbocycles. The first-order valence-electron chi connectivity index (χ1n) is 31.9. The Balaban J connectivity index is 5.31. The normalized spacial score (nSPS) is 14.2. The number of nitrogens with one attached hydrogen (secondary N) is 1. The van der Waals surface area contributed by atoms with Gasteiger partial charge in [-0.25, -0.2) is 4.57 Å². The van der Waals surface area contributed by atoms with E-state index in [2.05, 4.69) is 99.0 Å². The van der Waals surface area contributed by atoms with E-state index in [1.165, 1.54) is 135 Å². The molecule has 0 heterocycles. The predicted octanol–water partition coefficient (Wildman–Crippen LogP) is 19.8. The number of phosphoric acid groups is 1. The number of hydrogen-bond donors (Lipinski definition) is 2. The van der Waals surface area contributed by atoms with Gasteiger partial charge in [0.2, 0.25) is 5.91 Å². The van der Waals surface area contributed by atoms with Crippen LogP contribution in [0.25, 0.3) is 0 Å². The van der Waals surface area contributed by atoms with Gasteiger partial charge in [-0.2, -0.15) is 0 Å². The van der Waals surface area contributed by atoms with Crippen molar-refractivity contribution >= 4 is 19.7 Å². The zero-order chi connectivity index (χ0) is 56.4. The molecule has 0 fully saturated rings. The zero-order valence-corrected chi connectivity index (χ0v) is 51.8. The lowest BCUT2D eigenvalue weighted by Crippen LogP contribution is -2.47. The van der Waals surface area contributed by atoms with E-state index in [9.17, 15) is 19.0 Å². The summed E-state index contributed by atoms with van der Waals surface area (Å²) < 4.78 is 30.7. The molecule has 0 aliphatic rings. The summed E-state index contributed by atoms with van der Waals surface area (Å²) in [6.45, 7) is 6.94. The van der Waals surface area contributed by atoms with Crippen LogP contribution in [-0.4, -0.2) is 74.3 Å². The summed E-state index contributed by atoms with van der Waals surface area (Å²) in [7, 11) is 1.47. The van der Waals surface area contributed by atoms with Gasteiger partial charge < -0.3 is 19.4 Å². The minimum Gasteiger partial charge on any atom is -0.456 e. The number of allylic oxidation sites excluding steroid dienone is 13. The van der Waals surface area contributed by atoms with Crippen molar-refractivity contribution in [3.05, 3.63) is 85.1 Å². The van der Waals surface area contributed by atoms with E-state index >= 15 is 0 Å². The Kier molecular flexibility index (Phi) is 54.4. The standard InChI is InChI=1S/C67H121N2O7P/c1-7-10-13-16-19-22-25-28-30-32-33-34-35-37-39-42-45-48-51-54-57-60-67(71)76-65(58-55-52-49-46-43-40-27-24-21-18-15-12-9-3)64(63-75-77(72,73)74-62-61-69(4,5)6)68-66(70)59-56-53-50-47-44-41-38-36-31-29-26-23-20-17-14-11-8-2/h19-20,22-23,28-31,33-34,38,41,55,58,64-65H,7-18,21,24-27,32,35-37,39-40,42-54,56-57,59-63H2,1-6H3,(H-,68,70,72,73)/p+1/b22-19-,23-20-,30-28-,31-29-,34-33-,41-38-,58-55+. The first kappa shape index (κ1) is 74.2. The van der Waals surface area contributed by atoms with Gasteiger partial charge in [0.05, 0.1) is 33.8 Å². The first-order chi connectivity index (χ1) is 37.4.